The molecule has 1 aromatic carbocycles. The monoisotopic (exact) mass is 209 g/mol. The van der Waals surface area contributed by atoms with Gasteiger partial charge in [-0.3, -0.25) is 0 Å². The van der Waals surface area contributed by atoms with Gasteiger partial charge in [0.15, 0.2) is 0 Å². The van der Waals surface area contributed by atoms with Crippen LogP contribution in [0.3, 0.4) is 0 Å². The summed E-state index contributed by atoms with van der Waals surface area (Å²) >= 11 is 6.27. The van der Waals surface area contributed by atoms with Gasteiger partial charge in [-0.1, -0.05) is 17.7 Å². The zero-order valence-electron chi connectivity index (χ0n) is 8.97. The lowest BCUT2D eigenvalue weighted by atomic mass is 10.1. The average molecular weight is 210 g/mol. The fourth-order valence-electron chi connectivity index (χ4n) is 2.19. The molecule has 1 aliphatic heterocycles. The van der Waals surface area contributed by atoms with Crippen molar-refractivity contribution < 1.29 is 0 Å². The normalized spacial score (nSPS) is 15.1. The molecule has 14 heavy (non-hydrogen) atoms. The molecule has 1 nitrogen and oxygen atoms in total. The van der Waals surface area contributed by atoms with Crippen LogP contribution in [0, 0.1) is 6.92 Å². The second kappa shape index (κ2) is 3.47. The summed E-state index contributed by atoms with van der Waals surface area (Å²) < 4.78 is 0. The molecule has 0 unspecified atom stereocenters. The Kier molecular flexibility index (Phi) is 2.44. The van der Waals surface area contributed by atoms with Crippen LogP contribution >= 0.6 is 11.6 Å². The molecule has 0 bridgehead atoms. The summed E-state index contributed by atoms with van der Waals surface area (Å²) in [6, 6.07) is 4.85. The van der Waals surface area contributed by atoms with Gasteiger partial charge >= 0.3 is 0 Å². The quantitative estimate of drug-likeness (QED) is 0.685. The zero-order valence-corrected chi connectivity index (χ0v) is 9.73. The molecule has 0 amide bonds. The number of fused-ring (bicyclic) bond motifs is 1. The largest absolute Gasteiger partial charge is 0.367 e. The maximum atomic E-state index is 6.27. The summed E-state index contributed by atoms with van der Waals surface area (Å²) in [4.78, 5) is 2.39. The number of nitrogens with zero attached hydrogens (tertiary/aromatic N) is 1. The number of benzene rings is 1. The molecule has 0 radical (unpaired) electrons. The van der Waals surface area contributed by atoms with Crippen LogP contribution in [-0.4, -0.2) is 12.6 Å². The Balaban J connectivity index is 2.49. The van der Waals surface area contributed by atoms with Crippen LogP contribution in [0.5, 0.6) is 0 Å². The van der Waals surface area contributed by atoms with Crippen molar-refractivity contribution >= 4 is 17.3 Å². The first kappa shape index (κ1) is 9.85. The molecular weight excluding hydrogens is 194 g/mol. The maximum Gasteiger partial charge on any atom is 0.0645 e. The van der Waals surface area contributed by atoms with Crippen molar-refractivity contribution in [2.24, 2.45) is 0 Å². The smallest absolute Gasteiger partial charge is 0.0645 e. The van der Waals surface area contributed by atoms with Crippen molar-refractivity contribution in [3.8, 4) is 0 Å². The number of hydrogen-bond acceptors (Lipinski definition) is 1. The Morgan fingerprint density at radius 1 is 1.36 bits per heavy atom. The summed E-state index contributed by atoms with van der Waals surface area (Å²) in [6.45, 7) is 7.64. The number of anilines is 1. The zero-order chi connectivity index (χ0) is 10.3. The second-order valence-electron chi connectivity index (χ2n) is 4.29. The van der Waals surface area contributed by atoms with Crippen LogP contribution in [0.15, 0.2) is 12.1 Å². The van der Waals surface area contributed by atoms with Gasteiger partial charge in [0.2, 0.25) is 0 Å². The van der Waals surface area contributed by atoms with E-state index in [1.807, 2.05) is 0 Å². The first-order valence-corrected chi connectivity index (χ1v) is 5.53. The van der Waals surface area contributed by atoms with E-state index in [-0.39, 0.29) is 0 Å². The van der Waals surface area contributed by atoms with E-state index in [1.165, 1.54) is 16.8 Å². The average Bonchev–Trinajstić information content (AvgIpc) is 2.47. The Hall–Kier alpha value is -0.690. The molecule has 2 rings (SSSR count). The topological polar surface area (TPSA) is 3.24 Å². The Bertz CT molecular complexity index is 358. The lowest BCUT2D eigenvalue weighted by Crippen LogP contribution is -2.28. The molecule has 0 spiro atoms. The number of aryl methyl sites for hydroxylation is 1. The fraction of sp³-hybridized carbons (Fsp3) is 0.500. The van der Waals surface area contributed by atoms with Crippen molar-refractivity contribution in [3.63, 3.8) is 0 Å². The molecule has 0 N–H and O–H groups in total. The molecule has 1 aliphatic rings. The van der Waals surface area contributed by atoms with Crippen LogP contribution < -0.4 is 4.90 Å². The van der Waals surface area contributed by atoms with E-state index >= 15 is 0 Å². The third-order valence-corrected chi connectivity index (χ3v) is 3.11. The summed E-state index contributed by atoms with van der Waals surface area (Å²) in [7, 11) is 0. The highest BCUT2D eigenvalue weighted by Crippen LogP contribution is 2.37. The first-order valence-electron chi connectivity index (χ1n) is 5.15. The number of rotatable bonds is 1. The van der Waals surface area contributed by atoms with Gasteiger partial charge < -0.3 is 4.90 Å². The molecule has 0 aliphatic carbocycles. The van der Waals surface area contributed by atoms with Crippen LogP contribution in [0.25, 0.3) is 0 Å². The fourth-order valence-corrected chi connectivity index (χ4v) is 2.59. The van der Waals surface area contributed by atoms with Gasteiger partial charge in [-0.05, 0) is 44.4 Å². The van der Waals surface area contributed by atoms with Gasteiger partial charge in [-0.25, -0.2) is 0 Å². The van der Waals surface area contributed by atoms with Crippen molar-refractivity contribution in [2.75, 3.05) is 11.4 Å². The third kappa shape index (κ3) is 1.50. The summed E-state index contributed by atoms with van der Waals surface area (Å²) in [5, 5.41) is 0.909. The predicted octanol–water partition coefficient (Wildman–Crippen LogP) is 3.42. The minimum absolute atomic E-state index is 0.538. The molecule has 1 heterocycles. The Morgan fingerprint density at radius 3 is 2.71 bits per heavy atom. The highest BCUT2D eigenvalue weighted by atomic mass is 35.5. The maximum absolute atomic E-state index is 6.27. The summed E-state index contributed by atoms with van der Waals surface area (Å²) in [5.41, 5.74) is 3.93. The van der Waals surface area contributed by atoms with E-state index in [2.05, 4.69) is 37.8 Å². The van der Waals surface area contributed by atoms with Crippen molar-refractivity contribution in [3.05, 3.63) is 28.3 Å². The SMILES string of the molecule is Cc1cc(Cl)c2c(c1)CCN2C(C)C. The molecule has 0 aromatic heterocycles. The molecule has 0 saturated carbocycles. The molecule has 76 valence electrons. The van der Waals surface area contributed by atoms with Gasteiger partial charge in [0.1, 0.15) is 0 Å². The van der Waals surface area contributed by atoms with Crippen LogP contribution in [0.1, 0.15) is 25.0 Å². The van der Waals surface area contributed by atoms with E-state index < -0.39 is 0 Å². The Labute approximate surface area is 90.7 Å². The van der Waals surface area contributed by atoms with Crippen molar-refractivity contribution in [2.45, 2.75) is 33.2 Å². The number of halogens is 1. The van der Waals surface area contributed by atoms with E-state index in [4.69, 9.17) is 11.6 Å². The van der Waals surface area contributed by atoms with E-state index in [1.54, 1.807) is 0 Å². The summed E-state index contributed by atoms with van der Waals surface area (Å²) in [6.07, 6.45) is 1.13. The highest BCUT2D eigenvalue weighted by Gasteiger charge is 2.23. The van der Waals surface area contributed by atoms with Crippen LogP contribution in [-0.2, 0) is 6.42 Å². The molecule has 0 atom stereocenters. The molecule has 0 saturated heterocycles. The van der Waals surface area contributed by atoms with Crippen molar-refractivity contribution in [1.82, 2.24) is 0 Å². The van der Waals surface area contributed by atoms with Crippen molar-refractivity contribution in [1.29, 1.82) is 0 Å². The van der Waals surface area contributed by atoms with E-state index in [0.717, 1.165) is 18.0 Å². The standard InChI is InChI=1S/C12H16ClN/c1-8(2)14-5-4-10-6-9(3)7-11(13)12(10)14/h6-8H,4-5H2,1-3H3. The van der Waals surface area contributed by atoms with Crippen LogP contribution in [0.2, 0.25) is 5.02 Å². The van der Waals surface area contributed by atoms with Gasteiger partial charge in [0.05, 0.1) is 10.7 Å². The molecule has 0 fully saturated rings. The van der Waals surface area contributed by atoms with Gasteiger partial charge in [-0.15, -0.1) is 0 Å². The van der Waals surface area contributed by atoms with E-state index in [9.17, 15) is 0 Å². The van der Waals surface area contributed by atoms with Crippen LogP contribution in [0.4, 0.5) is 5.69 Å². The number of hydrogen-bond donors (Lipinski definition) is 0. The lowest BCUT2D eigenvalue weighted by Gasteiger charge is -2.25. The van der Waals surface area contributed by atoms with E-state index in [0.29, 0.717) is 6.04 Å². The lowest BCUT2D eigenvalue weighted by molar-refractivity contribution is 0.710. The predicted molar refractivity (Wildman–Crippen MR) is 62.4 cm³/mol. The summed E-state index contributed by atoms with van der Waals surface area (Å²) in [5.74, 6) is 0. The van der Waals surface area contributed by atoms with Gasteiger partial charge in [-0.2, -0.15) is 0 Å². The molecule has 1 aromatic rings. The Morgan fingerprint density at radius 2 is 2.07 bits per heavy atom. The third-order valence-electron chi connectivity index (χ3n) is 2.82. The first-order chi connectivity index (χ1) is 6.59. The second-order valence-corrected chi connectivity index (χ2v) is 4.70. The molecule has 2 heteroatoms. The van der Waals surface area contributed by atoms with Gasteiger partial charge in [0, 0.05) is 12.6 Å². The molecular formula is C12H16ClN. The highest BCUT2D eigenvalue weighted by molar-refractivity contribution is 6.33. The minimum Gasteiger partial charge on any atom is -0.367 e. The van der Waals surface area contributed by atoms with Gasteiger partial charge in [0.25, 0.3) is 0 Å². The minimum atomic E-state index is 0.538.